The average molecular weight is 261 g/mol. The molecule has 19 heavy (non-hydrogen) atoms. The predicted octanol–water partition coefficient (Wildman–Crippen LogP) is 3.11. The van der Waals surface area contributed by atoms with Gasteiger partial charge in [0, 0.05) is 25.3 Å². The van der Waals surface area contributed by atoms with Gasteiger partial charge in [-0.05, 0) is 30.2 Å². The van der Waals surface area contributed by atoms with Crippen molar-refractivity contribution >= 4 is 11.7 Å². The van der Waals surface area contributed by atoms with E-state index in [1.807, 2.05) is 13.1 Å². The summed E-state index contributed by atoms with van der Waals surface area (Å²) >= 11 is 0. The van der Waals surface area contributed by atoms with Crippen LogP contribution in [0.3, 0.4) is 0 Å². The molecule has 4 heteroatoms. The van der Waals surface area contributed by atoms with Crippen LogP contribution in [0.15, 0.2) is 18.2 Å². The maximum absolute atomic E-state index is 11.6. The van der Waals surface area contributed by atoms with Crippen molar-refractivity contribution in [2.24, 2.45) is 0 Å². The van der Waals surface area contributed by atoms with Gasteiger partial charge in [0.2, 0.25) is 0 Å². The maximum Gasteiger partial charge on any atom is 0.321 e. The number of hydrogen-bond donors (Lipinski definition) is 2. The van der Waals surface area contributed by atoms with E-state index in [1.165, 1.54) is 11.1 Å². The lowest BCUT2D eigenvalue weighted by molar-refractivity contribution is 0.218. The van der Waals surface area contributed by atoms with Gasteiger partial charge in [0.15, 0.2) is 0 Å². The standard InChI is InChI=1S/C15H23N3O/c1-4-6-13(16-5-2)11-7-8-14-12(9-11)10-18(3)15(19)17-14/h7-9,13,16H,4-6,10H2,1-3H3,(H,17,19). The molecule has 2 N–H and O–H groups in total. The van der Waals surface area contributed by atoms with Crippen molar-refractivity contribution in [3.8, 4) is 0 Å². The molecule has 1 atom stereocenters. The van der Waals surface area contributed by atoms with E-state index in [0.29, 0.717) is 12.6 Å². The number of anilines is 1. The van der Waals surface area contributed by atoms with Gasteiger partial charge in [0.05, 0.1) is 0 Å². The second-order valence-electron chi connectivity index (χ2n) is 5.10. The number of fused-ring (bicyclic) bond motifs is 1. The maximum atomic E-state index is 11.6. The first-order valence-electron chi connectivity index (χ1n) is 7.04. The van der Waals surface area contributed by atoms with Gasteiger partial charge in [-0.3, -0.25) is 0 Å². The Hall–Kier alpha value is -1.55. The average Bonchev–Trinajstić information content (AvgIpc) is 2.39. The molecule has 0 saturated heterocycles. The van der Waals surface area contributed by atoms with Crippen molar-refractivity contribution in [3.05, 3.63) is 29.3 Å². The molecule has 0 saturated carbocycles. The van der Waals surface area contributed by atoms with Crippen LogP contribution in [0.1, 0.15) is 43.9 Å². The van der Waals surface area contributed by atoms with E-state index in [4.69, 9.17) is 0 Å². The number of amides is 2. The monoisotopic (exact) mass is 261 g/mol. The molecule has 1 unspecified atom stereocenters. The van der Waals surface area contributed by atoms with Gasteiger partial charge in [0.25, 0.3) is 0 Å². The number of benzene rings is 1. The quantitative estimate of drug-likeness (QED) is 0.855. The van der Waals surface area contributed by atoms with Crippen molar-refractivity contribution in [1.29, 1.82) is 0 Å². The van der Waals surface area contributed by atoms with Gasteiger partial charge in [-0.25, -0.2) is 4.79 Å². The lowest BCUT2D eigenvalue weighted by Crippen LogP contribution is -2.35. The van der Waals surface area contributed by atoms with Gasteiger partial charge in [-0.2, -0.15) is 0 Å². The van der Waals surface area contributed by atoms with E-state index < -0.39 is 0 Å². The summed E-state index contributed by atoms with van der Waals surface area (Å²) in [6.45, 7) is 5.99. The number of carbonyl (C=O) groups excluding carboxylic acids is 1. The van der Waals surface area contributed by atoms with E-state index in [1.54, 1.807) is 4.90 Å². The third kappa shape index (κ3) is 3.07. The molecule has 0 bridgehead atoms. The van der Waals surface area contributed by atoms with Crippen LogP contribution in [0.25, 0.3) is 0 Å². The first-order chi connectivity index (χ1) is 9.15. The molecule has 0 spiro atoms. The summed E-state index contributed by atoms with van der Waals surface area (Å²) in [5, 5.41) is 6.43. The van der Waals surface area contributed by atoms with E-state index in [9.17, 15) is 4.79 Å². The number of nitrogens with one attached hydrogen (secondary N) is 2. The molecule has 1 heterocycles. The second kappa shape index (κ2) is 6.06. The first-order valence-corrected chi connectivity index (χ1v) is 7.04. The zero-order valence-electron chi connectivity index (χ0n) is 12.0. The van der Waals surface area contributed by atoms with E-state index in [-0.39, 0.29) is 6.03 Å². The summed E-state index contributed by atoms with van der Waals surface area (Å²) in [6, 6.07) is 6.73. The second-order valence-corrected chi connectivity index (χ2v) is 5.10. The van der Waals surface area contributed by atoms with Gasteiger partial charge in [-0.1, -0.05) is 32.4 Å². The van der Waals surface area contributed by atoms with Crippen molar-refractivity contribution in [3.63, 3.8) is 0 Å². The number of carbonyl (C=O) groups is 1. The summed E-state index contributed by atoms with van der Waals surface area (Å²) in [6.07, 6.45) is 2.29. The fourth-order valence-electron chi connectivity index (χ4n) is 2.54. The molecule has 0 aliphatic carbocycles. The smallest absolute Gasteiger partial charge is 0.321 e. The fraction of sp³-hybridized carbons (Fsp3) is 0.533. The Morgan fingerprint density at radius 1 is 1.42 bits per heavy atom. The molecule has 1 aliphatic rings. The molecule has 1 aliphatic heterocycles. The molecule has 2 rings (SSSR count). The zero-order valence-corrected chi connectivity index (χ0v) is 12.0. The van der Waals surface area contributed by atoms with Crippen LogP contribution >= 0.6 is 0 Å². The SMILES string of the molecule is CCCC(NCC)c1ccc2c(c1)CN(C)C(=O)N2. The first kappa shape index (κ1) is 13.9. The van der Waals surface area contributed by atoms with Crippen LogP contribution in [0.4, 0.5) is 10.5 Å². The molecular formula is C15H23N3O. The normalized spacial score (nSPS) is 15.9. The molecular weight excluding hydrogens is 238 g/mol. The highest BCUT2D eigenvalue weighted by Gasteiger charge is 2.20. The number of urea groups is 1. The van der Waals surface area contributed by atoms with E-state index in [0.717, 1.165) is 25.1 Å². The Bertz CT molecular complexity index is 453. The number of hydrogen-bond acceptors (Lipinski definition) is 2. The molecule has 1 aromatic rings. The molecule has 4 nitrogen and oxygen atoms in total. The Kier molecular flexibility index (Phi) is 4.43. The van der Waals surface area contributed by atoms with Crippen LogP contribution in [-0.4, -0.2) is 24.5 Å². The third-order valence-corrected chi connectivity index (χ3v) is 3.56. The highest BCUT2D eigenvalue weighted by atomic mass is 16.2. The summed E-state index contributed by atoms with van der Waals surface area (Å²) < 4.78 is 0. The molecule has 104 valence electrons. The van der Waals surface area contributed by atoms with Crippen molar-refractivity contribution in [2.45, 2.75) is 39.3 Å². The van der Waals surface area contributed by atoms with E-state index in [2.05, 4.69) is 36.6 Å². The van der Waals surface area contributed by atoms with Gasteiger partial charge in [-0.15, -0.1) is 0 Å². The lowest BCUT2D eigenvalue weighted by atomic mass is 9.98. The molecule has 0 radical (unpaired) electrons. The Labute approximate surface area is 115 Å². The fourth-order valence-corrected chi connectivity index (χ4v) is 2.54. The van der Waals surface area contributed by atoms with Crippen molar-refractivity contribution < 1.29 is 4.79 Å². The summed E-state index contributed by atoms with van der Waals surface area (Å²) in [5.74, 6) is 0. The largest absolute Gasteiger partial charge is 0.323 e. The van der Waals surface area contributed by atoms with Crippen LogP contribution in [0, 0.1) is 0 Å². The molecule has 1 aromatic carbocycles. The molecule has 0 fully saturated rings. The Morgan fingerprint density at radius 2 is 2.21 bits per heavy atom. The molecule has 2 amide bonds. The highest BCUT2D eigenvalue weighted by Crippen LogP contribution is 2.27. The Balaban J connectivity index is 2.24. The van der Waals surface area contributed by atoms with Crippen LogP contribution in [0.5, 0.6) is 0 Å². The minimum Gasteiger partial charge on any atom is -0.323 e. The van der Waals surface area contributed by atoms with Crippen LogP contribution in [0.2, 0.25) is 0 Å². The predicted molar refractivity (Wildman–Crippen MR) is 78.3 cm³/mol. The minimum absolute atomic E-state index is 0.0305. The molecule has 0 aromatic heterocycles. The summed E-state index contributed by atoms with van der Waals surface area (Å²) in [7, 11) is 1.82. The van der Waals surface area contributed by atoms with Gasteiger partial charge in [0.1, 0.15) is 0 Å². The van der Waals surface area contributed by atoms with Crippen LogP contribution in [-0.2, 0) is 6.54 Å². The zero-order chi connectivity index (χ0) is 13.8. The number of rotatable bonds is 5. The summed E-state index contributed by atoms with van der Waals surface area (Å²) in [4.78, 5) is 13.3. The van der Waals surface area contributed by atoms with Crippen LogP contribution < -0.4 is 10.6 Å². The highest BCUT2D eigenvalue weighted by molar-refractivity contribution is 5.92. The minimum atomic E-state index is -0.0305. The lowest BCUT2D eigenvalue weighted by Gasteiger charge is -2.27. The van der Waals surface area contributed by atoms with E-state index >= 15 is 0 Å². The topological polar surface area (TPSA) is 44.4 Å². The third-order valence-electron chi connectivity index (χ3n) is 3.56. The van der Waals surface area contributed by atoms with Crippen molar-refractivity contribution in [1.82, 2.24) is 10.2 Å². The number of nitrogens with zero attached hydrogens (tertiary/aromatic N) is 1. The Morgan fingerprint density at radius 3 is 2.89 bits per heavy atom. The van der Waals surface area contributed by atoms with Crippen molar-refractivity contribution in [2.75, 3.05) is 18.9 Å². The van der Waals surface area contributed by atoms with Gasteiger partial charge >= 0.3 is 6.03 Å². The van der Waals surface area contributed by atoms with Gasteiger partial charge < -0.3 is 15.5 Å². The summed E-state index contributed by atoms with van der Waals surface area (Å²) in [5.41, 5.74) is 3.45.